The molecule has 7 heteroatoms. The van der Waals surface area contributed by atoms with Gasteiger partial charge in [-0.3, -0.25) is 0 Å². The first kappa shape index (κ1) is 13.6. The number of nitrogens with two attached hydrogens (primary N) is 1. The fourth-order valence-electron chi connectivity index (χ4n) is 0.788. The molecule has 0 aliphatic carbocycles. The fourth-order valence-corrected chi connectivity index (χ4v) is 1.67. The van der Waals surface area contributed by atoms with Crippen LogP contribution in [-0.2, 0) is 10.0 Å². The van der Waals surface area contributed by atoms with E-state index < -0.39 is 10.0 Å². The van der Waals surface area contributed by atoms with Gasteiger partial charge in [-0.1, -0.05) is 0 Å². The molecule has 0 aromatic carbocycles. The Labute approximate surface area is 90.5 Å². The van der Waals surface area contributed by atoms with Gasteiger partial charge in [-0.15, -0.1) is 0 Å². The summed E-state index contributed by atoms with van der Waals surface area (Å²) in [6, 6.07) is 0.272. The smallest absolute Gasteiger partial charge is 0.209 e. The summed E-state index contributed by atoms with van der Waals surface area (Å²) in [6.45, 7) is 4.45. The molecule has 0 heterocycles. The van der Waals surface area contributed by atoms with Crippen molar-refractivity contribution in [2.75, 3.05) is 12.3 Å². The normalized spacial score (nSPS) is 11.4. The highest BCUT2D eigenvalue weighted by Gasteiger charge is 2.02. The van der Waals surface area contributed by atoms with Gasteiger partial charge < -0.3 is 10.6 Å². The van der Waals surface area contributed by atoms with Gasteiger partial charge in [-0.25, -0.2) is 13.6 Å². The molecule has 0 aliphatic heterocycles. The Hall–Kier alpha value is -0.400. The number of thiocarbonyl (C=S) groups is 1. The third-order valence-electron chi connectivity index (χ3n) is 1.31. The molecule has 0 amide bonds. The minimum Gasteiger partial charge on any atom is -0.363 e. The first-order chi connectivity index (χ1) is 6.31. The van der Waals surface area contributed by atoms with Crippen molar-refractivity contribution < 1.29 is 8.42 Å². The summed E-state index contributed by atoms with van der Waals surface area (Å²) >= 11 is 4.93. The van der Waals surface area contributed by atoms with Crippen molar-refractivity contribution in [2.45, 2.75) is 26.3 Å². The van der Waals surface area contributed by atoms with Gasteiger partial charge in [0.25, 0.3) is 0 Å². The fraction of sp³-hybridized carbons (Fsp3) is 0.857. The van der Waals surface area contributed by atoms with E-state index >= 15 is 0 Å². The number of rotatable bonds is 5. The SMILES string of the molecule is CC(C)NC(=S)NCCCS(N)(=O)=O. The van der Waals surface area contributed by atoms with E-state index in [0.29, 0.717) is 18.1 Å². The van der Waals surface area contributed by atoms with Gasteiger partial charge in [0.2, 0.25) is 10.0 Å². The molecular weight excluding hydrogens is 222 g/mol. The summed E-state index contributed by atoms with van der Waals surface area (Å²) in [5.74, 6) is -0.0235. The Kier molecular flexibility index (Phi) is 5.98. The third-order valence-corrected chi connectivity index (χ3v) is 2.43. The number of sulfonamides is 1. The topological polar surface area (TPSA) is 84.2 Å². The minimum absolute atomic E-state index is 0.0235. The standard InChI is InChI=1S/C7H17N3O2S2/c1-6(2)10-7(13)9-4-3-5-14(8,11)12/h6H,3-5H2,1-2H3,(H2,8,11,12)(H2,9,10,13). The zero-order valence-electron chi connectivity index (χ0n) is 8.41. The quantitative estimate of drug-likeness (QED) is 0.446. The van der Waals surface area contributed by atoms with E-state index in [1.165, 1.54) is 0 Å². The summed E-state index contributed by atoms with van der Waals surface area (Å²) in [4.78, 5) is 0. The highest BCUT2D eigenvalue weighted by molar-refractivity contribution is 7.89. The lowest BCUT2D eigenvalue weighted by Crippen LogP contribution is -2.40. The van der Waals surface area contributed by atoms with Crippen LogP contribution in [0.15, 0.2) is 0 Å². The molecule has 0 aromatic heterocycles. The lowest BCUT2D eigenvalue weighted by molar-refractivity contribution is 0.594. The van der Waals surface area contributed by atoms with E-state index in [0.717, 1.165) is 0 Å². The molecule has 0 bridgehead atoms. The number of nitrogens with one attached hydrogen (secondary N) is 2. The van der Waals surface area contributed by atoms with Gasteiger partial charge in [-0.05, 0) is 32.5 Å². The van der Waals surface area contributed by atoms with Gasteiger partial charge in [0.1, 0.15) is 0 Å². The first-order valence-electron chi connectivity index (χ1n) is 4.36. The van der Waals surface area contributed by atoms with E-state index in [4.69, 9.17) is 17.4 Å². The molecule has 0 spiro atoms. The van der Waals surface area contributed by atoms with Crippen LogP contribution in [0.4, 0.5) is 0 Å². The Morgan fingerprint density at radius 1 is 1.50 bits per heavy atom. The Balaban J connectivity index is 3.51. The van der Waals surface area contributed by atoms with Crippen LogP contribution in [-0.4, -0.2) is 31.9 Å². The molecule has 0 rings (SSSR count). The summed E-state index contributed by atoms with van der Waals surface area (Å²) in [6.07, 6.45) is 0.457. The molecule has 0 aliphatic rings. The molecule has 4 N–H and O–H groups in total. The van der Waals surface area contributed by atoms with Crippen molar-refractivity contribution in [3.63, 3.8) is 0 Å². The number of hydrogen-bond acceptors (Lipinski definition) is 3. The van der Waals surface area contributed by atoms with E-state index in [2.05, 4.69) is 10.6 Å². The lowest BCUT2D eigenvalue weighted by Gasteiger charge is -2.12. The van der Waals surface area contributed by atoms with E-state index in [-0.39, 0.29) is 11.8 Å². The molecule has 0 unspecified atom stereocenters. The van der Waals surface area contributed by atoms with Gasteiger partial charge in [-0.2, -0.15) is 0 Å². The molecule has 84 valence electrons. The van der Waals surface area contributed by atoms with Gasteiger partial charge in [0.15, 0.2) is 5.11 Å². The maximum Gasteiger partial charge on any atom is 0.209 e. The van der Waals surface area contributed by atoms with Crippen molar-refractivity contribution >= 4 is 27.4 Å². The van der Waals surface area contributed by atoms with Crippen LogP contribution in [0.3, 0.4) is 0 Å². The van der Waals surface area contributed by atoms with Gasteiger partial charge >= 0.3 is 0 Å². The van der Waals surface area contributed by atoms with Crippen molar-refractivity contribution in [2.24, 2.45) is 5.14 Å². The van der Waals surface area contributed by atoms with E-state index in [9.17, 15) is 8.42 Å². The summed E-state index contributed by atoms with van der Waals surface area (Å²) in [7, 11) is -3.35. The van der Waals surface area contributed by atoms with Crippen molar-refractivity contribution in [3.05, 3.63) is 0 Å². The molecule has 0 fully saturated rings. The largest absolute Gasteiger partial charge is 0.363 e. The second-order valence-electron chi connectivity index (χ2n) is 3.28. The molecule has 0 radical (unpaired) electrons. The van der Waals surface area contributed by atoms with E-state index in [1.54, 1.807) is 0 Å². The summed E-state index contributed by atoms with van der Waals surface area (Å²) in [5.41, 5.74) is 0. The maximum atomic E-state index is 10.6. The maximum absolute atomic E-state index is 10.6. The Morgan fingerprint density at radius 2 is 2.07 bits per heavy atom. The summed E-state index contributed by atoms with van der Waals surface area (Å²) < 4.78 is 21.1. The number of hydrogen-bond donors (Lipinski definition) is 3. The second-order valence-corrected chi connectivity index (χ2v) is 5.42. The van der Waals surface area contributed by atoms with Crippen LogP contribution in [0.25, 0.3) is 0 Å². The predicted molar refractivity (Wildman–Crippen MR) is 61.5 cm³/mol. The van der Waals surface area contributed by atoms with E-state index in [1.807, 2.05) is 13.8 Å². The van der Waals surface area contributed by atoms with Crippen molar-refractivity contribution in [1.29, 1.82) is 0 Å². The first-order valence-corrected chi connectivity index (χ1v) is 6.48. The zero-order valence-corrected chi connectivity index (χ0v) is 10.0. The lowest BCUT2D eigenvalue weighted by atomic mass is 10.4. The van der Waals surface area contributed by atoms with Crippen LogP contribution in [0, 0.1) is 0 Å². The Bertz CT molecular complexity index is 275. The molecule has 5 nitrogen and oxygen atoms in total. The van der Waals surface area contributed by atoms with Crippen LogP contribution < -0.4 is 15.8 Å². The van der Waals surface area contributed by atoms with Crippen LogP contribution in [0.2, 0.25) is 0 Å². The minimum atomic E-state index is -3.35. The second kappa shape index (κ2) is 6.15. The molecular formula is C7H17N3O2S2. The molecule has 0 saturated heterocycles. The zero-order chi connectivity index (χ0) is 11.2. The number of primary sulfonamides is 1. The highest BCUT2D eigenvalue weighted by atomic mass is 32.2. The Morgan fingerprint density at radius 3 is 2.50 bits per heavy atom. The monoisotopic (exact) mass is 239 g/mol. The van der Waals surface area contributed by atoms with Crippen LogP contribution in [0.1, 0.15) is 20.3 Å². The molecule has 0 saturated carbocycles. The average Bonchev–Trinajstić information content (AvgIpc) is 1.95. The third kappa shape index (κ3) is 9.69. The van der Waals surface area contributed by atoms with Crippen molar-refractivity contribution in [1.82, 2.24) is 10.6 Å². The highest BCUT2D eigenvalue weighted by Crippen LogP contribution is 1.84. The summed E-state index contributed by atoms with van der Waals surface area (Å²) in [5, 5.41) is 11.2. The predicted octanol–water partition coefficient (Wildman–Crippen LogP) is -0.462. The molecule has 0 aromatic rings. The average molecular weight is 239 g/mol. The van der Waals surface area contributed by atoms with Crippen LogP contribution in [0.5, 0.6) is 0 Å². The van der Waals surface area contributed by atoms with Gasteiger partial charge in [0, 0.05) is 12.6 Å². The molecule has 14 heavy (non-hydrogen) atoms. The van der Waals surface area contributed by atoms with Crippen LogP contribution >= 0.6 is 12.2 Å². The van der Waals surface area contributed by atoms with Gasteiger partial charge in [0.05, 0.1) is 5.75 Å². The molecule has 0 atom stereocenters. The van der Waals surface area contributed by atoms with Crippen molar-refractivity contribution in [3.8, 4) is 0 Å².